The van der Waals surface area contributed by atoms with E-state index >= 15 is 0 Å². The van der Waals surface area contributed by atoms with Gasteiger partial charge in [-0.25, -0.2) is 9.97 Å². The molecule has 90 valence electrons. The molecule has 4 nitrogen and oxygen atoms in total. The van der Waals surface area contributed by atoms with Crippen LogP contribution in [0.3, 0.4) is 0 Å². The van der Waals surface area contributed by atoms with Crippen LogP contribution < -0.4 is 0 Å². The molecular formula is C12H15N3OS. The second kappa shape index (κ2) is 4.23. The molecule has 2 heterocycles. The van der Waals surface area contributed by atoms with Gasteiger partial charge in [0.25, 0.3) is 0 Å². The molecule has 0 aliphatic heterocycles. The van der Waals surface area contributed by atoms with Crippen molar-refractivity contribution < 1.29 is 5.11 Å². The summed E-state index contributed by atoms with van der Waals surface area (Å²) in [6, 6.07) is 0.555. The summed E-state index contributed by atoms with van der Waals surface area (Å²) in [4.78, 5) is 8.52. The molecule has 1 unspecified atom stereocenters. The lowest BCUT2D eigenvalue weighted by atomic mass is 10.1. The highest BCUT2D eigenvalue weighted by molar-refractivity contribution is 7.09. The number of hydrogen-bond acceptors (Lipinski definition) is 4. The summed E-state index contributed by atoms with van der Waals surface area (Å²) in [6.07, 6.45) is 6.06. The van der Waals surface area contributed by atoms with Crippen LogP contribution in [0.2, 0.25) is 0 Å². The van der Waals surface area contributed by atoms with E-state index in [0.29, 0.717) is 12.5 Å². The van der Waals surface area contributed by atoms with Crippen LogP contribution in [0.25, 0.3) is 0 Å². The van der Waals surface area contributed by atoms with Gasteiger partial charge in [-0.05, 0) is 19.8 Å². The van der Waals surface area contributed by atoms with Crippen molar-refractivity contribution in [2.24, 2.45) is 0 Å². The van der Waals surface area contributed by atoms with Gasteiger partial charge in [-0.2, -0.15) is 0 Å². The van der Waals surface area contributed by atoms with Gasteiger partial charge in [0.2, 0.25) is 0 Å². The molecule has 2 aromatic heterocycles. The summed E-state index contributed by atoms with van der Waals surface area (Å²) >= 11 is 1.62. The lowest BCUT2D eigenvalue weighted by Crippen LogP contribution is -2.08. The SMILES string of the molecule is Cc1nc(CC(O)c2cncn2C2CC2)cs1. The number of imidazole rings is 1. The molecule has 2 aromatic rings. The molecule has 0 spiro atoms. The van der Waals surface area contributed by atoms with Crippen LogP contribution in [0.4, 0.5) is 0 Å². The van der Waals surface area contributed by atoms with Crippen LogP contribution in [0.15, 0.2) is 17.9 Å². The van der Waals surface area contributed by atoms with Crippen molar-refractivity contribution in [2.75, 3.05) is 0 Å². The molecule has 1 aliphatic carbocycles. The van der Waals surface area contributed by atoms with E-state index in [1.54, 1.807) is 17.5 Å². The zero-order chi connectivity index (χ0) is 11.8. The first-order valence-electron chi connectivity index (χ1n) is 5.85. The zero-order valence-electron chi connectivity index (χ0n) is 9.71. The fourth-order valence-corrected chi connectivity index (χ4v) is 2.66. The molecule has 0 amide bonds. The number of aliphatic hydroxyl groups is 1. The Morgan fingerprint density at radius 1 is 1.59 bits per heavy atom. The third kappa shape index (κ3) is 2.25. The van der Waals surface area contributed by atoms with E-state index in [0.717, 1.165) is 16.4 Å². The minimum Gasteiger partial charge on any atom is -0.386 e. The molecule has 0 bridgehead atoms. The Labute approximate surface area is 104 Å². The van der Waals surface area contributed by atoms with Crippen molar-refractivity contribution in [2.45, 2.75) is 38.3 Å². The number of hydrogen-bond donors (Lipinski definition) is 1. The van der Waals surface area contributed by atoms with Crippen molar-refractivity contribution in [3.63, 3.8) is 0 Å². The minimum absolute atomic E-state index is 0.500. The Balaban J connectivity index is 1.76. The van der Waals surface area contributed by atoms with Gasteiger partial charge in [0.15, 0.2) is 0 Å². The molecule has 1 saturated carbocycles. The first-order valence-corrected chi connectivity index (χ1v) is 6.73. The summed E-state index contributed by atoms with van der Waals surface area (Å²) in [5, 5.41) is 13.3. The number of thiazole rings is 1. The third-order valence-electron chi connectivity index (χ3n) is 3.05. The minimum atomic E-state index is -0.500. The lowest BCUT2D eigenvalue weighted by Gasteiger charge is -2.12. The highest BCUT2D eigenvalue weighted by Gasteiger charge is 2.27. The van der Waals surface area contributed by atoms with Gasteiger partial charge in [0.05, 0.1) is 28.9 Å². The number of rotatable bonds is 4. The Kier molecular flexibility index (Phi) is 2.72. The summed E-state index contributed by atoms with van der Waals surface area (Å²) in [5.41, 5.74) is 1.88. The Bertz CT molecular complexity index is 515. The Hall–Kier alpha value is -1.20. The highest BCUT2D eigenvalue weighted by atomic mass is 32.1. The van der Waals surface area contributed by atoms with Gasteiger partial charge in [-0.15, -0.1) is 11.3 Å². The second-order valence-electron chi connectivity index (χ2n) is 4.53. The van der Waals surface area contributed by atoms with Crippen LogP contribution in [-0.4, -0.2) is 19.6 Å². The van der Waals surface area contributed by atoms with E-state index in [2.05, 4.69) is 14.5 Å². The van der Waals surface area contributed by atoms with Crippen molar-refractivity contribution in [1.29, 1.82) is 0 Å². The average Bonchev–Trinajstić information content (AvgIpc) is 2.88. The number of aromatic nitrogens is 3. The third-order valence-corrected chi connectivity index (χ3v) is 3.87. The maximum atomic E-state index is 10.2. The Morgan fingerprint density at radius 3 is 3.06 bits per heavy atom. The van der Waals surface area contributed by atoms with Gasteiger partial charge in [-0.3, -0.25) is 0 Å². The summed E-state index contributed by atoms with van der Waals surface area (Å²) < 4.78 is 2.10. The van der Waals surface area contributed by atoms with Crippen LogP contribution in [0.1, 0.15) is 41.4 Å². The van der Waals surface area contributed by atoms with Crippen molar-refractivity contribution in [3.05, 3.63) is 34.3 Å². The molecule has 0 radical (unpaired) electrons. The van der Waals surface area contributed by atoms with E-state index in [9.17, 15) is 5.11 Å². The largest absolute Gasteiger partial charge is 0.386 e. The van der Waals surface area contributed by atoms with Crippen LogP contribution in [0, 0.1) is 6.92 Å². The van der Waals surface area contributed by atoms with E-state index in [1.807, 2.05) is 18.6 Å². The van der Waals surface area contributed by atoms with Gasteiger partial charge in [0.1, 0.15) is 6.10 Å². The van der Waals surface area contributed by atoms with Crippen LogP contribution >= 0.6 is 11.3 Å². The fraction of sp³-hybridized carbons (Fsp3) is 0.500. The van der Waals surface area contributed by atoms with Crippen molar-refractivity contribution >= 4 is 11.3 Å². The molecule has 1 N–H and O–H groups in total. The maximum Gasteiger partial charge on any atom is 0.101 e. The molecule has 17 heavy (non-hydrogen) atoms. The molecular weight excluding hydrogens is 234 g/mol. The van der Waals surface area contributed by atoms with Gasteiger partial charge < -0.3 is 9.67 Å². The average molecular weight is 249 g/mol. The predicted molar refractivity (Wildman–Crippen MR) is 66.0 cm³/mol. The van der Waals surface area contributed by atoms with Crippen molar-refractivity contribution in [3.8, 4) is 0 Å². The predicted octanol–water partition coefficient (Wildman–Crippen LogP) is 2.26. The topological polar surface area (TPSA) is 50.9 Å². The Morgan fingerprint density at radius 2 is 2.41 bits per heavy atom. The molecule has 5 heteroatoms. The molecule has 3 rings (SSSR count). The van der Waals surface area contributed by atoms with Crippen molar-refractivity contribution in [1.82, 2.24) is 14.5 Å². The van der Waals surface area contributed by atoms with E-state index in [4.69, 9.17) is 0 Å². The fourth-order valence-electron chi connectivity index (χ4n) is 2.04. The molecule has 1 aliphatic rings. The van der Waals surface area contributed by atoms with E-state index in [1.165, 1.54) is 12.8 Å². The van der Waals surface area contributed by atoms with Gasteiger partial charge in [-0.1, -0.05) is 0 Å². The highest BCUT2D eigenvalue weighted by Crippen LogP contribution is 2.37. The standard InChI is InChI=1S/C12H15N3OS/c1-8-14-9(6-17-8)4-12(16)11-5-13-7-15(11)10-2-3-10/h5-7,10,12,16H,2-4H2,1H3. The first-order chi connectivity index (χ1) is 8.24. The first kappa shape index (κ1) is 10.9. The summed E-state index contributed by atoms with van der Waals surface area (Å²) in [7, 11) is 0. The lowest BCUT2D eigenvalue weighted by molar-refractivity contribution is 0.167. The molecule has 0 aromatic carbocycles. The zero-order valence-corrected chi connectivity index (χ0v) is 10.5. The number of aryl methyl sites for hydroxylation is 1. The monoisotopic (exact) mass is 249 g/mol. The maximum absolute atomic E-state index is 10.2. The summed E-state index contributed by atoms with van der Waals surface area (Å²) in [5.74, 6) is 0. The normalized spacial score (nSPS) is 17.3. The molecule has 1 fully saturated rings. The molecule has 0 saturated heterocycles. The van der Waals surface area contributed by atoms with Crippen LogP contribution in [-0.2, 0) is 6.42 Å². The van der Waals surface area contributed by atoms with E-state index in [-0.39, 0.29) is 0 Å². The molecule has 1 atom stereocenters. The number of nitrogens with zero attached hydrogens (tertiary/aromatic N) is 3. The van der Waals surface area contributed by atoms with Crippen LogP contribution in [0.5, 0.6) is 0 Å². The second-order valence-corrected chi connectivity index (χ2v) is 5.60. The van der Waals surface area contributed by atoms with Gasteiger partial charge >= 0.3 is 0 Å². The number of aliphatic hydroxyl groups excluding tert-OH is 1. The summed E-state index contributed by atoms with van der Waals surface area (Å²) in [6.45, 7) is 1.98. The van der Waals surface area contributed by atoms with E-state index < -0.39 is 6.10 Å². The van der Waals surface area contributed by atoms with Gasteiger partial charge in [0, 0.05) is 17.8 Å². The smallest absolute Gasteiger partial charge is 0.101 e. The quantitative estimate of drug-likeness (QED) is 0.904.